The zero-order chi connectivity index (χ0) is 22.9. The van der Waals surface area contributed by atoms with Crippen molar-refractivity contribution in [2.75, 3.05) is 26.7 Å². The lowest BCUT2D eigenvalue weighted by Gasteiger charge is -2.29. The summed E-state index contributed by atoms with van der Waals surface area (Å²) in [5, 5.41) is 13.6. The molecular formula is C25H25FN4O3. The fourth-order valence-electron chi connectivity index (χ4n) is 4.72. The van der Waals surface area contributed by atoms with E-state index in [1.54, 1.807) is 6.07 Å². The van der Waals surface area contributed by atoms with E-state index in [9.17, 15) is 9.18 Å². The molecule has 0 spiro atoms. The molecule has 0 unspecified atom stereocenters. The number of nitrogens with one attached hydrogen (secondary N) is 2. The number of benzene rings is 2. The number of fused-ring (bicyclic) bond motifs is 5. The lowest BCUT2D eigenvalue weighted by Crippen LogP contribution is -2.38. The van der Waals surface area contributed by atoms with Crippen molar-refractivity contribution in [3.8, 4) is 5.75 Å². The highest BCUT2D eigenvalue weighted by Gasteiger charge is 2.24. The van der Waals surface area contributed by atoms with E-state index in [1.807, 2.05) is 18.2 Å². The SMILES string of the molecule is COc1ccc(Cc2nc3c(c4c2[nH]c2ccccc24)CCN(CCNC(=O)O)C3)cc1F. The van der Waals surface area contributed by atoms with Gasteiger partial charge in [-0.2, -0.15) is 0 Å². The summed E-state index contributed by atoms with van der Waals surface area (Å²) in [5.41, 5.74) is 5.96. The Morgan fingerprint density at radius 3 is 2.94 bits per heavy atom. The average Bonchev–Trinajstić information content (AvgIpc) is 3.19. The summed E-state index contributed by atoms with van der Waals surface area (Å²) < 4.78 is 19.4. The standard InChI is InChI=1S/C25H25FN4O3/c1-33-22-7-6-15(12-18(22)26)13-20-24-23(16-4-2-3-5-19(16)29-24)17-8-10-30(14-21(17)28-20)11-9-27-25(31)32/h2-7,12,27,29H,8-11,13-14H2,1H3,(H,31,32). The van der Waals surface area contributed by atoms with Crippen molar-refractivity contribution in [2.24, 2.45) is 0 Å². The third kappa shape index (κ3) is 4.09. The fraction of sp³-hybridized carbons (Fsp3) is 0.280. The largest absolute Gasteiger partial charge is 0.494 e. The molecule has 2 aromatic heterocycles. The molecule has 0 fully saturated rings. The van der Waals surface area contributed by atoms with Gasteiger partial charge in [0, 0.05) is 48.9 Å². The molecule has 0 aliphatic carbocycles. The van der Waals surface area contributed by atoms with Crippen molar-refractivity contribution >= 4 is 27.9 Å². The summed E-state index contributed by atoms with van der Waals surface area (Å²) in [6.45, 7) is 2.49. The van der Waals surface area contributed by atoms with Crippen molar-refractivity contribution in [1.82, 2.24) is 20.2 Å². The van der Waals surface area contributed by atoms with Gasteiger partial charge in [0.15, 0.2) is 11.6 Å². The van der Waals surface area contributed by atoms with E-state index in [4.69, 9.17) is 14.8 Å². The minimum absolute atomic E-state index is 0.221. The third-order valence-corrected chi connectivity index (χ3v) is 6.26. The van der Waals surface area contributed by atoms with E-state index < -0.39 is 11.9 Å². The zero-order valence-electron chi connectivity index (χ0n) is 18.3. The first kappa shape index (κ1) is 21.2. The van der Waals surface area contributed by atoms with E-state index >= 15 is 0 Å². The Kier molecular flexibility index (Phi) is 5.60. The van der Waals surface area contributed by atoms with Crippen LogP contribution in [0.1, 0.15) is 22.5 Å². The summed E-state index contributed by atoms with van der Waals surface area (Å²) in [6.07, 6.45) is 0.309. The van der Waals surface area contributed by atoms with Gasteiger partial charge in [-0.3, -0.25) is 9.88 Å². The number of hydrogen-bond donors (Lipinski definition) is 3. The van der Waals surface area contributed by atoms with Gasteiger partial charge in [-0.15, -0.1) is 0 Å². The number of hydrogen-bond acceptors (Lipinski definition) is 4. The first-order valence-electron chi connectivity index (χ1n) is 11.0. The number of aromatic amines is 1. The molecule has 170 valence electrons. The van der Waals surface area contributed by atoms with Crippen LogP contribution in [0.2, 0.25) is 0 Å². The summed E-state index contributed by atoms with van der Waals surface area (Å²) in [7, 11) is 1.45. The summed E-state index contributed by atoms with van der Waals surface area (Å²) in [5.74, 6) is -0.170. The lowest BCUT2D eigenvalue weighted by atomic mass is 9.96. The third-order valence-electron chi connectivity index (χ3n) is 6.26. The van der Waals surface area contributed by atoms with Crippen LogP contribution in [0.25, 0.3) is 21.8 Å². The highest BCUT2D eigenvalue weighted by atomic mass is 19.1. The number of rotatable bonds is 6. The second-order valence-corrected chi connectivity index (χ2v) is 8.31. The first-order chi connectivity index (χ1) is 16.0. The van der Waals surface area contributed by atoms with Crippen molar-refractivity contribution < 1.29 is 19.0 Å². The molecule has 0 radical (unpaired) electrons. The number of carboxylic acid groups (broad SMARTS) is 1. The molecule has 5 rings (SSSR count). The van der Waals surface area contributed by atoms with Crippen LogP contribution in [0.4, 0.5) is 9.18 Å². The number of H-pyrrole nitrogens is 1. The number of ether oxygens (including phenoxy) is 1. The van der Waals surface area contributed by atoms with Crippen LogP contribution >= 0.6 is 0 Å². The molecule has 1 amide bonds. The Hall–Kier alpha value is -3.65. The van der Waals surface area contributed by atoms with Gasteiger partial charge in [0.1, 0.15) is 0 Å². The molecule has 0 saturated heterocycles. The van der Waals surface area contributed by atoms with Gasteiger partial charge in [0.25, 0.3) is 0 Å². The molecule has 0 bridgehead atoms. The van der Waals surface area contributed by atoms with Gasteiger partial charge >= 0.3 is 6.09 Å². The molecule has 4 aromatic rings. The maximum Gasteiger partial charge on any atom is 0.404 e. The summed E-state index contributed by atoms with van der Waals surface area (Å²) >= 11 is 0. The molecule has 3 heterocycles. The van der Waals surface area contributed by atoms with Crippen molar-refractivity contribution in [2.45, 2.75) is 19.4 Å². The topological polar surface area (TPSA) is 90.5 Å². The normalized spacial score (nSPS) is 13.9. The van der Waals surface area contributed by atoms with Crippen molar-refractivity contribution in [3.05, 3.63) is 70.8 Å². The maximum atomic E-state index is 14.3. The number of nitrogens with zero attached hydrogens (tertiary/aromatic N) is 2. The monoisotopic (exact) mass is 448 g/mol. The van der Waals surface area contributed by atoms with Gasteiger partial charge in [0.05, 0.1) is 24.0 Å². The molecule has 1 aliphatic rings. The van der Waals surface area contributed by atoms with Crippen molar-refractivity contribution in [3.63, 3.8) is 0 Å². The van der Waals surface area contributed by atoms with Crippen LogP contribution in [-0.2, 0) is 19.4 Å². The highest BCUT2D eigenvalue weighted by Crippen LogP contribution is 2.35. The molecular weight excluding hydrogens is 423 g/mol. The van der Waals surface area contributed by atoms with Crippen LogP contribution in [-0.4, -0.2) is 52.8 Å². The van der Waals surface area contributed by atoms with E-state index in [1.165, 1.54) is 24.1 Å². The minimum atomic E-state index is -1.01. The smallest absolute Gasteiger partial charge is 0.404 e. The predicted octanol–water partition coefficient (Wildman–Crippen LogP) is 4.08. The lowest BCUT2D eigenvalue weighted by molar-refractivity contribution is 0.189. The molecule has 0 saturated carbocycles. The Labute approximate surface area is 190 Å². The number of para-hydroxylation sites is 1. The summed E-state index contributed by atoms with van der Waals surface area (Å²) in [4.78, 5) is 21.6. The van der Waals surface area contributed by atoms with Gasteiger partial charge < -0.3 is 20.1 Å². The number of carbonyl (C=O) groups is 1. The second-order valence-electron chi connectivity index (χ2n) is 8.31. The van der Waals surface area contributed by atoms with E-state index in [2.05, 4.69) is 27.3 Å². The molecule has 3 N–H and O–H groups in total. The van der Waals surface area contributed by atoms with Crippen LogP contribution < -0.4 is 10.1 Å². The van der Waals surface area contributed by atoms with Gasteiger partial charge in [-0.05, 0) is 35.7 Å². The van der Waals surface area contributed by atoms with Crippen LogP contribution in [0.5, 0.6) is 5.75 Å². The fourth-order valence-corrected chi connectivity index (χ4v) is 4.72. The Balaban J connectivity index is 1.56. The van der Waals surface area contributed by atoms with Crippen LogP contribution in [0, 0.1) is 5.82 Å². The quantitative estimate of drug-likeness (QED) is 0.414. The Morgan fingerprint density at radius 1 is 1.30 bits per heavy atom. The molecule has 0 atom stereocenters. The number of methoxy groups -OCH3 is 1. The Morgan fingerprint density at radius 2 is 2.15 bits per heavy atom. The average molecular weight is 448 g/mol. The van der Waals surface area contributed by atoms with E-state index in [-0.39, 0.29) is 5.75 Å². The van der Waals surface area contributed by atoms with Gasteiger partial charge in [0.2, 0.25) is 0 Å². The van der Waals surface area contributed by atoms with Crippen molar-refractivity contribution in [1.29, 1.82) is 0 Å². The number of aromatic nitrogens is 2. The first-order valence-corrected chi connectivity index (χ1v) is 11.0. The van der Waals surface area contributed by atoms with Gasteiger partial charge in [-0.1, -0.05) is 24.3 Å². The molecule has 2 aromatic carbocycles. The number of halogens is 1. The number of pyridine rings is 1. The minimum Gasteiger partial charge on any atom is -0.494 e. The van der Waals surface area contributed by atoms with Crippen LogP contribution in [0.15, 0.2) is 42.5 Å². The van der Waals surface area contributed by atoms with E-state index in [0.29, 0.717) is 26.1 Å². The molecule has 33 heavy (non-hydrogen) atoms. The van der Waals surface area contributed by atoms with Crippen LogP contribution in [0.3, 0.4) is 0 Å². The van der Waals surface area contributed by atoms with Gasteiger partial charge in [-0.25, -0.2) is 9.18 Å². The zero-order valence-corrected chi connectivity index (χ0v) is 18.3. The predicted molar refractivity (Wildman–Crippen MR) is 124 cm³/mol. The maximum absolute atomic E-state index is 14.3. The molecule has 8 heteroatoms. The molecule has 7 nitrogen and oxygen atoms in total. The molecule has 1 aliphatic heterocycles. The summed E-state index contributed by atoms with van der Waals surface area (Å²) in [6, 6.07) is 13.2. The van der Waals surface area contributed by atoms with E-state index in [0.717, 1.165) is 46.3 Å². The Bertz CT molecular complexity index is 1350. The second kappa shape index (κ2) is 8.71. The number of amides is 1. The highest BCUT2D eigenvalue weighted by molar-refractivity contribution is 6.10.